The summed E-state index contributed by atoms with van der Waals surface area (Å²) < 4.78 is 0. The molecule has 0 saturated carbocycles. The summed E-state index contributed by atoms with van der Waals surface area (Å²) in [6, 6.07) is 21.3. The lowest BCUT2D eigenvalue weighted by Gasteiger charge is -2.17. The van der Waals surface area contributed by atoms with Crippen LogP contribution in [-0.4, -0.2) is 20.9 Å². The molecule has 25 heavy (non-hydrogen) atoms. The number of aromatic amines is 1. The van der Waals surface area contributed by atoms with Crippen molar-refractivity contribution in [2.75, 3.05) is 5.32 Å². The van der Waals surface area contributed by atoms with E-state index in [9.17, 15) is 4.79 Å². The molecule has 5 heteroatoms. The fraction of sp³-hybridized carbons (Fsp3) is 0.0500. The van der Waals surface area contributed by atoms with E-state index in [4.69, 9.17) is 0 Å². The normalized spacial score (nSPS) is 10.9. The molecule has 0 fully saturated rings. The van der Waals surface area contributed by atoms with E-state index in [0.29, 0.717) is 5.82 Å². The number of H-pyrrole nitrogens is 1. The molecule has 2 heterocycles. The number of anilines is 1. The highest BCUT2D eigenvalue weighted by Crippen LogP contribution is 2.27. The van der Waals surface area contributed by atoms with Crippen molar-refractivity contribution in [2.45, 2.75) is 5.92 Å². The number of rotatable bonds is 4. The topological polar surface area (TPSA) is 70.7 Å². The van der Waals surface area contributed by atoms with E-state index in [1.54, 1.807) is 6.20 Å². The van der Waals surface area contributed by atoms with Gasteiger partial charge in [0.2, 0.25) is 5.91 Å². The van der Waals surface area contributed by atoms with E-state index >= 15 is 0 Å². The highest BCUT2D eigenvalue weighted by molar-refractivity contribution is 6.02. The first-order valence-corrected chi connectivity index (χ1v) is 8.02. The molecule has 0 radical (unpaired) electrons. The predicted molar refractivity (Wildman–Crippen MR) is 97.2 cm³/mol. The van der Waals surface area contributed by atoms with Crippen molar-refractivity contribution in [1.82, 2.24) is 15.0 Å². The van der Waals surface area contributed by atoms with Gasteiger partial charge in [-0.1, -0.05) is 60.7 Å². The summed E-state index contributed by atoms with van der Waals surface area (Å²) in [4.78, 5) is 24.6. The first-order valence-electron chi connectivity index (χ1n) is 8.02. The van der Waals surface area contributed by atoms with Crippen LogP contribution < -0.4 is 5.32 Å². The third-order valence-corrected chi connectivity index (χ3v) is 4.12. The Morgan fingerprint density at radius 3 is 2.16 bits per heavy atom. The lowest BCUT2D eigenvalue weighted by molar-refractivity contribution is -0.116. The van der Waals surface area contributed by atoms with E-state index in [2.05, 4.69) is 20.3 Å². The molecule has 0 unspecified atom stereocenters. The monoisotopic (exact) mass is 328 g/mol. The van der Waals surface area contributed by atoms with E-state index in [0.717, 1.165) is 22.2 Å². The molecule has 5 nitrogen and oxygen atoms in total. The summed E-state index contributed by atoms with van der Waals surface area (Å²) in [5.74, 6) is -0.0637. The summed E-state index contributed by atoms with van der Waals surface area (Å²) in [5, 5.41) is 2.95. The van der Waals surface area contributed by atoms with Gasteiger partial charge in [0.25, 0.3) is 0 Å². The van der Waals surface area contributed by atoms with Crippen molar-refractivity contribution in [3.05, 3.63) is 90.4 Å². The molecule has 0 bridgehead atoms. The van der Waals surface area contributed by atoms with Crippen molar-refractivity contribution in [2.24, 2.45) is 0 Å². The molecule has 122 valence electrons. The summed E-state index contributed by atoms with van der Waals surface area (Å²) >= 11 is 0. The van der Waals surface area contributed by atoms with Crippen LogP contribution in [0.1, 0.15) is 17.0 Å². The van der Waals surface area contributed by atoms with Crippen LogP contribution in [0.25, 0.3) is 11.0 Å². The van der Waals surface area contributed by atoms with Gasteiger partial charge in [-0.3, -0.25) is 4.79 Å². The molecule has 0 aliphatic carbocycles. The lowest BCUT2D eigenvalue weighted by atomic mass is 9.90. The number of aromatic nitrogens is 3. The molecule has 1 amide bonds. The van der Waals surface area contributed by atoms with Crippen molar-refractivity contribution in [1.29, 1.82) is 0 Å². The molecule has 4 aromatic rings. The van der Waals surface area contributed by atoms with Gasteiger partial charge in [0.15, 0.2) is 5.82 Å². The highest BCUT2D eigenvalue weighted by Gasteiger charge is 2.23. The minimum atomic E-state index is -0.414. The van der Waals surface area contributed by atoms with Gasteiger partial charge in [0.05, 0.1) is 11.4 Å². The lowest BCUT2D eigenvalue weighted by Crippen LogP contribution is -2.23. The Bertz CT molecular complexity index is 956. The Morgan fingerprint density at radius 1 is 0.880 bits per heavy atom. The fourth-order valence-corrected chi connectivity index (χ4v) is 2.94. The van der Waals surface area contributed by atoms with Crippen LogP contribution >= 0.6 is 0 Å². The molecule has 2 aromatic carbocycles. The third-order valence-electron chi connectivity index (χ3n) is 4.12. The number of hydrogen-bond acceptors (Lipinski definition) is 3. The number of carbonyl (C=O) groups excluding carboxylic acids is 1. The maximum absolute atomic E-state index is 13.1. The van der Waals surface area contributed by atoms with Gasteiger partial charge in [-0.15, -0.1) is 0 Å². The minimum absolute atomic E-state index is 0.132. The first-order chi connectivity index (χ1) is 12.3. The summed E-state index contributed by atoms with van der Waals surface area (Å²) in [6.45, 7) is 0. The maximum Gasteiger partial charge on any atom is 0.237 e. The summed E-state index contributed by atoms with van der Waals surface area (Å²) in [7, 11) is 0. The van der Waals surface area contributed by atoms with E-state index in [1.165, 1.54) is 6.33 Å². The fourth-order valence-electron chi connectivity index (χ4n) is 2.94. The zero-order valence-corrected chi connectivity index (χ0v) is 13.4. The Labute approximate surface area is 144 Å². The van der Waals surface area contributed by atoms with Crippen LogP contribution in [-0.2, 0) is 4.79 Å². The molecule has 0 aliphatic rings. The molecule has 0 spiro atoms. The highest BCUT2D eigenvalue weighted by atomic mass is 16.2. The molecular weight excluding hydrogens is 312 g/mol. The number of benzene rings is 2. The standard InChI is InChI=1S/C20H16N4O/c25-20(24-19-18-16(11-12-21-18)22-13-23-19)17(14-7-3-1-4-8-14)15-9-5-2-6-10-15/h1-13,17,21H,(H,22,23,24,25). The van der Waals surface area contributed by atoms with Gasteiger partial charge >= 0.3 is 0 Å². The molecular formula is C20H16N4O. The van der Waals surface area contributed by atoms with E-state index < -0.39 is 5.92 Å². The van der Waals surface area contributed by atoms with Crippen molar-refractivity contribution in [3.63, 3.8) is 0 Å². The molecule has 0 atom stereocenters. The van der Waals surface area contributed by atoms with Crippen LogP contribution in [0.5, 0.6) is 0 Å². The van der Waals surface area contributed by atoms with Crippen molar-refractivity contribution < 1.29 is 4.79 Å². The number of nitrogens with one attached hydrogen (secondary N) is 2. The van der Waals surface area contributed by atoms with Gasteiger partial charge < -0.3 is 10.3 Å². The van der Waals surface area contributed by atoms with Gasteiger partial charge in [0.1, 0.15) is 11.8 Å². The van der Waals surface area contributed by atoms with Crippen molar-refractivity contribution >= 4 is 22.8 Å². The van der Waals surface area contributed by atoms with Gasteiger partial charge in [-0.25, -0.2) is 9.97 Å². The second-order valence-electron chi connectivity index (χ2n) is 5.70. The van der Waals surface area contributed by atoms with E-state index in [1.807, 2.05) is 66.7 Å². The Morgan fingerprint density at radius 2 is 1.52 bits per heavy atom. The molecule has 0 aliphatic heterocycles. The van der Waals surface area contributed by atoms with Gasteiger partial charge in [-0.2, -0.15) is 0 Å². The SMILES string of the molecule is O=C(Nc1ncnc2cc[nH]c12)C(c1ccccc1)c1ccccc1. The van der Waals surface area contributed by atoms with Crippen LogP contribution in [0.4, 0.5) is 5.82 Å². The zero-order chi connectivity index (χ0) is 17.1. The predicted octanol–water partition coefficient (Wildman–Crippen LogP) is 3.73. The van der Waals surface area contributed by atoms with Gasteiger partial charge in [-0.05, 0) is 17.2 Å². The third kappa shape index (κ3) is 2.99. The number of fused-ring (bicyclic) bond motifs is 1. The summed E-state index contributed by atoms with van der Waals surface area (Å²) in [6.07, 6.45) is 3.23. The van der Waals surface area contributed by atoms with Crippen molar-refractivity contribution in [3.8, 4) is 0 Å². The largest absolute Gasteiger partial charge is 0.357 e. The second-order valence-corrected chi connectivity index (χ2v) is 5.70. The zero-order valence-electron chi connectivity index (χ0n) is 13.4. The first kappa shape index (κ1) is 15.1. The number of nitrogens with zero attached hydrogens (tertiary/aromatic N) is 2. The van der Waals surface area contributed by atoms with Gasteiger partial charge in [0, 0.05) is 6.20 Å². The number of hydrogen-bond donors (Lipinski definition) is 2. The van der Waals surface area contributed by atoms with E-state index in [-0.39, 0.29) is 5.91 Å². The average Bonchev–Trinajstić information content (AvgIpc) is 3.14. The van der Waals surface area contributed by atoms with Crippen LogP contribution in [0, 0.1) is 0 Å². The maximum atomic E-state index is 13.1. The molecule has 4 rings (SSSR count). The van der Waals surface area contributed by atoms with Crippen LogP contribution in [0.2, 0.25) is 0 Å². The smallest absolute Gasteiger partial charge is 0.237 e. The Hall–Kier alpha value is -3.47. The minimum Gasteiger partial charge on any atom is -0.357 e. The van der Waals surface area contributed by atoms with Crippen LogP contribution in [0.3, 0.4) is 0 Å². The molecule has 0 saturated heterocycles. The second kappa shape index (κ2) is 6.57. The number of amides is 1. The molecule has 2 N–H and O–H groups in total. The number of carbonyl (C=O) groups is 1. The quantitative estimate of drug-likeness (QED) is 0.600. The average molecular weight is 328 g/mol. The molecule has 2 aromatic heterocycles. The summed E-state index contributed by atoms with van der Waals surface area (Å²) in [5.41, 5.74) is 3.35. The van der Waals surface area contributed by atoms with Crippen LogP contribution in [0.15, 0.2) is 79.3 Å². The Balaban J connectivity index is 1.72. The Kier molecular flexibility index (Phi) is 3.96.